The van der Waals surface area contributed by atoms with E-state index in [0.29, 0.717) is 0 Å². The van der Waals surface area contributed by atoms with E-state index in [-0.39, 0.29) is 6.54 Å². The molecule has 0 amide bonds. The van der Waals surface area contributed by atoms with E-state index in [9.17, 15) is 9.59 Å². The zero-order valence-corrected chi connectivity index (χ0v) is 8.44. The lowest BCUT2D eigenvalue weighted by atomic mass is 10.2. The van der Waals surface area contributed by atoms with Gasteiger partial charge in [0.25, 0.3) is 0 Å². The van der Waals surface area contributed by atoms with Crippen LogP contribution in [-0.2, 0) is 19.1 Å². The Kier molecular flexibility index (Phi) is 6.02. The zero-order valence-electron chi connectivity index (χ0n) is 8.44. The maximum Gasteiger partial charge on any atom is 0.328 e. The van der Waals surface area contributed by atoms with Crippen molar-refractivity contribution in [2.45, 2.75) is 19.3 Å². The van der Waals surface area contributed by atoms with Gasteiger partial charge in [0.15, 0.2) is 18.1 Å². The van der Waals surface area contributed by atoms with Crippen LogP contribution < -0.4 is 5.32 Å². The van der Waals surface area contributed by atoms with Crippen LogP contribution in [-0.4, -0.2) is 50.0 Å². The highest BCUT2D eigenvalue weighted by Crippen LogP contribution is 1.91. The minimum Gasteiger partial charge on any atom is -0.480 e. The summed E-state index contributed by atoms with van der Waals surface area (Å²) in [5, 5.41) is 11.2. The monoisotopic (exact) mass is 205 g/mol. The number of hydrogen-bond donors (Lipinski definition) is 2. The van der Waals surface area contributed by atoms with Gasteiger partial charge in [-0.15, -0.1) is 0 Å². The highest BCUT2D eigenvalue weighted by Gasteiger charge is 2.22. The Morgan fingerprint density at radius 1 is 1.36 bits per heavy atom. The van der Waals surface area contributed by atoms with Crippen LogP contribution in [0.15, 0.2) is 0 Å². The van der Waals surface area contributed by atoms with E-state index in [2.05, 4.69) is 5.32 Å². The number of carbonyl (C=O) groups excluding carboxylic acids is 1. The summed E-state index contributed by atoms with van der Waals surface area (Å²) in [6.07, 6.45) is -0.559. The van der Waals surface area contributed by atoms with Gasteiger partial charge < -0.3 is 14.6 Å². The number of carboxylic acid groups (broad SMARTS) is 1. The summed E-state index contributed by atoms with van der Waals surface area (Å²) in [4.78, 5) is 21.4. The third-order valence-electron chi connectivity index (χ3n) is 1.67. The smallest absolute Gasteiger partial charge is 0.328 e. The lowest BCUT2D eigenvalue weighted by molar-refractivity contribution is -0.144. The molecule has 82 valence electrons. The van der Waals surface area contributed by atoms with Crippen LogP contribution in [0.2, 0.25) is 0 Å². The van der Waals surface area contributed by atoms with Crippen LogP contribution in [0.4, 0.5) is 0 Å². The van der Waals surface area contributed by atoms with Crippen LogP contribution in [0.1, 0.15) is 6.92 Å². The van der Waals surface area contributed by atoms with Crippen molar-refractivity contribution in [1.82, 2.24) is 5.32 Å². The van der Waals surface area contributed by atoms with Crippen LogP contribution in [0.5, 0.6) is 0 Å². The quantitative estimate of drug-likeness (QED) is 0.419. The molecule has 0 aromatic heterocycles. The van der Waals surface area contributed by atoms with Crippen molar-refractivity contribution in [3.8, 4) is 0 Å². The average Bonchev–Trinajstić information content (AvgIpc) is 2.11. The van der Waals surface area contributed by atoms with E-state index < -0.39 is 24.1 Å². The van der Waals surface area contributed by atoms with Crippen LogP contribution in [0.3, 0.4) is 0 Å². The van der Waals surface area contributed by atoms with Crippen LogP contribution in [0.25, 0.3) is 0 Å². The van der Waals surface area contributed by atoms with Gasteiger partial charge in [0.05, 0.1) is 0 Å². The Balaban J connectivity index is 4.06. The number of nitrogens with one attached hydrogen (secondary N) is 1. The molecule has 1 atom stereocenters. The van der Waals surface area contributed by atoms with Gasteiger partial charge in [-0.1, -0.05) is 0 Å². The molecule has 0 bridgehead atoms. The summed E-state index contributed by atoms with van der Waals surface area (Å²) in [6.45, 7) is 1.35. The molecule has 0 heterocycles. The molecule has 2 N–H and O–H groups in total. The fourth-order valence-corrected chi connectivity index (χ4v) is 0.882. The number of hydrogen-bond acceptors (Lipinski definition) is 5. The van der Waals surface area contributed by atoms with Gasteiger partial charge in [0.2, 0.25) is 0 Å². The topological polar surface area (TPSA) is 84.9 Å². The normalized spacial score (nSPS) is 12.9. The summed E-state index contributed by atoms with van der Waals surface area (Å²) in [5.41, 5.74) is 0. The maximum atomic E-state index is 10.8. The Bertz CT molecular complexity index is 188. The van der Waals surface area contributed by atoms with Crippen molar-refractivity contribution in [2.75, 3.05) is 20.8 Å². The van der Waals surface area contributed by atoms with Crippen molar-refractivity contribution in [3.05, 3.63) is 0 Å². The third-order valence-corrected chi connectivity index (χ3v) is 1.67. The Morgan fingerprint density at radius 2 is 1.86 bits per heavy atom. The van der Waals surface area contributed by atoms with E-state index in [1.54, 1.807) is 0 Å². The fraction of sp³-hybridized carbons (Fsp3) is 0.750. The Labute approximate surface area is 82.2 Å². The number of Topliss-reactive ketones (excluding diaryl/α,β-unsaturated/α-hetero) is 1. The SMILES string of the molecule is COC(CNC(C(C)=O)C(=O)O)OC. The molecule has 6 heteroatoms. The summed E-state index contributed by atoms with van der Waals surface area (Å²) in [7, 11) is 2.86. The van der Waals surface area contributed by atoms with Crippen molar-refractivity contribution >= 4 is 11.8 Å². The number of carboxylic acids is 1. The van der Waals surface area contributed by atoms with E-state index >= 15 is 0 Å². The minimum atomic E-state index is -1.21. The molecule has 0 fully saturated rings. The summed E-state index contributed by atoms with van der Waals surface area (Å²) in [5.74, 6) is -1.66. The standard InChI is InChI=1S/C8H15NO5/c1-5(10)7(8(11)12)9-4-6(13-2)14-3/h6-7,9H,4H2,1-3H3,(H,11,12). The van der Waals surface area contributed by atoms with Gasteiger partial charge in [-0.3, -0.25) is 14.9 Å². The lowest BCUT2D eigenvalue weighted by Gasteiger charge is -2.16. The van der Waals surface area contributed by atoms with Gasteiger partial charge in [-0.2, -0.15) is 0 Å². The number of rotatable bonds is 7. The van der Waals surface area contributed by atoms with Gasteiger partial charge in [-0.05, 0) is 6.92 Å². The molecule has 14 heavy (non-hydrogen) atoms. The number of ketones is 1. The molecule has 0 aliphatic heterocycles. The number of carbonyl (C=O) groups is 2. The zero-order chi connectivity index (χ0) is 11.1. The molecular weight excluding hydrogens is 190 g/mol. The van der Waals surface area contributed by atoms with Gasteiger partial charge >= 0.3 is 5.97 Å². The summed E-state index contributed by atoms with van der Waals surface area (Å²) >= 11 is 0. The third kappa shape index (κ3) is 4.31. The first-order chi connectivity index (χ1) is 6.52. The molecule has 0 aromatic rings. The molecule has 6 nitrogen and oxygen atoms in total. The average molecular weight is 205 g/mol. The fourth-order valence-electron chi connectivity index (χ4n) is 0.882. The predicted octanol–water partition coefficient (Wildman–Crippen LogP) is -0.763. The van der Waals surface area contributed by atoms with Gasteiger partial charge in [-0.25, -0.2) is 0 Å². The molecule has 0 aliphatic carbocycles. The van der Waals surface area contributed by atoms with Crippen molar-refractivity contribution in [1.29, 1.82) is 0 Å². The molecule has 0 rings (SSSR count). The van der Waals surface area contributed by atoms with Crippen LogP contribution in [0, 0.1) is 0 Å². The second-order valence-corrected chi connectivity index (χ2v) is 2.69. The Morgan fingerprint density at radius 3 is 2.14 bits per heavy atom. The summed E-state index contributed by atoms with van der Waals surface area (Å²) in [6, 6.07) is -1.21. The first-order valence-corrected chi connectivity index (χ1v) is 4.05. The second-order valence-electron chi connectivity index (χ2n) is 2.69. The molecule has 0 radical (unpaired) electrons. The Hall–Kier alpha value is -0.980. The van der Waals surface area contributed by atoms with E-state index in [1.165, 1.54) is 21.1 Å². The number of ether oxygens (including phenoxy) is 2. The van der Waals surface area contributed by atoms with Gasteiger partial charge in [0, 0.05) is 20.8 Å². The maximum absolute atomic E-state index is 10.8. The minimum absolute atomic E-state index is 0.142. The first kappa shape index (κ1) is 13.0. The van der Waals surface area contributed by atoms with Crippen molar-refractivity contribution in [2.24, 2.45) is 0 Å². The largest absolute Gasteiger partial charge is 0.480 e. The number of methoxy groups -OCH3 is 2. The van der Waals surface area contributed by atoms with E-state index in [0.717, 1.165) is 0 Å². The number of aliphatic carboxylic acids is 1. The molecule has 0 saturated heterocycles. The second kappa shape index (κ2) is 6.47. The van der Waals surface area contributed by atoms with Crippen molar-refractivity contribution < 1.29 is 24.2 Å². The lowest BCUT2D eigenvalue weighted by Crippen LogP contribution is -2.46. The highest BCUT2D eigenvalue weighted by atomic mass is 16.7. The molecular formula is C8H15NO5. The summed E-state index contributed by atoms with van der Waals surface area (Å²) < 4.78 is 9.64. The molecule has 0 saturated carbocycles. The predicted molar refractivity (Wildman–Crippen MR) is 47.9 cm³/mol. The molecule has 1 unspecified atom stereocenters. The van der Waals surface area contributed by atoms with Gasteiger partial charge in [0.1, 0.15) is 0 Å². The molecule has 0 spiro atoms. The molecule has 0 aromatic carbocycles. The molecule has 0 aliphatic rings. The highest BCUT2D eigenvalue weighted by molar-refractivity contribution is 6.01. The first-order valence-electron chi connectivity index (χ1n) is 4.05. The van der Waals surface area contributed by atoms with Crippen LogP contribution >= 0.6 is 0 Å². The van der Waals surface area contributed by atoms with E-state index in [4.69, 9.17) is 14.6 Å². The van der Waals surface area contributed by atoms with E-state index in [1.807, 2.05) is 0 Å². The van der Waals surface area contributed by atoms with Crippen molar-refractivity contribution in [3.63, 3.8) is 0 Å².